The second kappa shape index (κ2) is 5.30. The number of rotatable bonds is 5. The molecule has 0 bridgehead atoms. The Balaban J connectivity index is 2.78. The van der Waals surface area contributed by atoms with Crippen LogP contribution in [0.15, 0.2) is 23.4 Å². The monoisotopic (exact) mass is 250 g/mol. The molecular weight excluding hydrogens is 239 g/mol. The Hall–Kier alpha value is -1.09. The Kier molecular flexibility index (Phi) is 4.30. The summed E-state index contributed by atoms with van der Waals surface area (Å²) in [6, 6.07) is 0.806. The van der Waals surface area contributed by atoms with Gasteiger partial charge in [0.25, 0.3) is 0 Å². The molecule has 16 heavy (non-hydrogen) atoms. The molecule has 8 heteroatoms. The maximum absolute atomic E-state index is 12.7. The summed E-state index contributed by atoms with van der Waals surface area (Å²) in [6.07, 6.45) is 0.662. The second-order valence-electron chi connectivity index (χ2n) is 3.03. The van der Waals surface area contributed by atoms with Crippen molar-refractivity contribution in [3.8, 4) is 0 Å². The normalized spacial score (nSPS) is 13.7. The highest BCUT2D eigenvalue weighted by molar-refractivity contribution is 7.89. The van der Waals surface area contributed by atoms with E-state index >= 15 is 0 Å². The van der Waals surface area contributed by atoms with Gasteiger partial charge in [-0.2, -0.15) is 0 Å². The molecule has 0 aromatic carbocycles. The van der Waals surface area contributed by atoms with Gasteiger partial charge in [0.15, 0.2) is 0 Å². The Morgan fingerprint density at radius 2 is 2.19 bits per heavy atom. The zero-order valence-electron chi connectivity index (χ0n) is 8.17. The summed E-state index contributed by atoms with van der Waals surface area (Å²) in [5.41, 5.74) is 0. The summed E-state index contributed by atoms with van der Waals surface area (Å²) in [7, 11) is -3.91. The quantitative estimate of drug-likeness (QED) is 0.613. The smallest absolute Gasteiger partial charge is 0.242 e. The Labute approximate surface area is 91.8 Å². The van der Waals surface area contributed by atoms with Gasteiger partial charge in [-0.15, -0.1) is 0 Å². The van der Waals surface area contributed by atoms with Gasteiger partial charge in [0, 0.05) is 12.7 Å². The highest BCUT2D eigenvalue weighted by atomic mass is 32.2. The standard InChI is InChI=1S/C8H11FN2O4S/c9-6-1-8(4-10-2-6)16(14,15)11-3-7(13)5-12/h1-2,4,7,11-13H,3,5H2. The van der Waals surface area contributed by atoms with Crippen LogP contribution in [0.2, 0.25) is 0 Å². The Morgan fingerprint density at radius 1 is 1.50 bits per heavy atom. The van der Waals surface area contributed by atoms with Crippen LogP contribution in [0, 0.1) is 5.82 Å². The summed E-state index contributed by atoms with van der Waals surface area (Å²) < 4.78 is 37.7. The second-order valence-corrected chi connectivity index (χ2v) is 4.79. The van der Waals surface area contributed by atoms with E-state index in [1.165, 1.54) is 0 Å². The predicted octanol–water partition coefficient (Wildman–Crippen LogP) is -1.15. The molecule has 90 valence electrons. The van der Waals surface area contributed by atoms with E-state index in [1.807, 2.05) is 4.72 Å². The van der Waals surface area contributed by atoms with E-state index < -0.39 is 28.6 Å². The lowest BCUT2D eigenvalue weighted by Gasteiger charge is -2.09. The van der Waals surface area contributed by atoms with Crippen LogP contribution < -0.4 is 4.72 Å². The van der Waals surface area contributed by atoms with Gasteiger partial charge in [0.1, 0.15) is 10.7 Å². The van der Waals surface area contributed by atoms with Crippen LogP contribution in [0.4, 0.5) is 4.39 Å². The minimum absolute atomic E-state index is 0.336. The van der Waals surface area contributed by atoms with Crippen molar-refractivity contribution in [1.82, 2.24) is 9.71 Å². The molecule has 1 heterocycles. The van der Waals surface area contributed by atoms with E-state index in [0.29, 0.717) is 0 Å². The van der Waals surface area contributed by atoms with Crippen molar-refractivity contribution in [3.63, 3.8) is 0 Å². The van der Waals surface area contributed by atoms with E-state index in [9.17, 15) is 12.8 Å². The van der Waals surface area contributed by atoms with Crippen molar-refractivity contribution < 1.29 is 23.0 Å². The minimum atomic E-state index is -3.91. The maximum Gasteiger partial charge on any atom is 0.242 e. The molecule has 0 aliphatic carbocycles. The fraction of sp³-hybridized carbons (Fsp3) is 0.375. The first-order valence-corrected chi connectivity index (χ1v) is 5.83. The number of hydrogen-bond acceptors (Lipinski definition) is 5. The summed E-state index contributed by atoms with van der Waals surface area (Å²) in [5.74, 6) is -0.773. The third-order valence-electron chi connectivity index (χ3n) is 1.71. The molecule has 0 aliphatic rings. The van der Waals surface area contributed by atoms with Gasteiger partial charge in [-0.1, -0.05) is 0 Å². The van der Waals surface area contributed by atoms with Gasteiger partial charge in [-0.3, -0.25) is 4.98 Å². The molecular formula is C8H11FN2O4S. The molecule has 0 saturated carbocycles. The number of hydrogen-bond donors (Lipinski definition) is 3. The van der Waals surface area contributed by atoms with Crippen LogP contribution in [-0.4, -0.2) is 42.9 Å². The van der Waals surface area contributed by atoms with Crippen LogP contribution in [0.3, 0.4) is 0 Å². The third-order valence-corrected chi connectivity index (χ3v) is 3.10. The lowest BCUT2D eigenvalue weighted by Crippen LogP contribution is -2.34. The summed E-state index contributed by atoms with van der Waals surface area (Å²) in [5, 5.41) is 17.4. The first-order valence-electron chi connectivity index (χ1n) is 4.35. The molecule has 6 nitrogen and oxygen atoms in total. The number of aliphatic hydroxyl groups excluding tert-OH is 2. The van der Waals surface area contributed by atoms with Crippen LogP contribution in [0.25, 0.3) is 0 Å². The third kappa shape index (κ3) is 3.49. The minimum Gasteiger partial charge on any atom is -0.394 e. The summed E-state index contributed by atoms with van der Waals surface area (Å²) >= 11 is 0. The average Bonchev–Trinajstić information content (AvgIpc) is 2.26. The molecule has 0 radical (unpaired) electrons. The van der Waals surface area contributed by atoms with Crippen molar-refractivity contribution in [2.45, 2.75) is 11.0 Å². The van der Waals surface area contributed by atoms with Gasteiger partial charge in [0.2, 0.25) is 10.0 Å². The van der Waals surface area contributed by atoms with Crippen LogP contribution >= 0.6 is 0 Å². The lowest BCUT2D eigenvalue weighted by molar-refractivity contribution is 0.0988. The van der Waals surface area contributed by atoms with Crippen LogP contribution in [-0.2, 0) is 10.0 Å². The molecule has 0 amide bonds. The van der Waals surface area contributed by atoms with Gasteiger partial charge in [0.05, 0.1) is 18.9 Å². The molecule has 1 unspecified atom stereocenters. The van der Waals surface area contributed by atoms with E-state index in [1.54, 1.807) is 0 Å². The first kappa shape index (κ1) is 13.0. The fourth-order valence-corrected chi connectivity index (χ4v) is 1.94. The van der Waals surface area contributed by atoms with Gasteiger partial charge < -0.3 is 10.2 Å². The van der Waals surface area contributed by atoms with Crippen LogP contribution in [0.5, 0.6) is 0 Å². The summed E-state index contributed by atoms with van der Waals surface area (Å²) in [6.45, 7) is -0.917. The molecule has 3 N–H and O–H groups in total. The van der Waals surface area contributed by atoms with Crippen molar-refractivity contribution in [2.75, 3.05) is 13.2 Å². The number of nitrogens with one attached hydrogen (secondary N) is 1. The number of aromatic nitrogens is 1. The average molecular weight is 250 g/mol. The van der Waals surface area contributed by atoms with Crippen molar-refractivity contribution in [2.24, 2.45) is 0 Å². The molecule has 0 aliphatic heterocycles. The zero-order chi connectivity index (χ0) is 12.2. The fourth-order valence-electron chi connectivity index (χ4n) is 0.893. The topological polar surface area (TPSA) is 99.5 Å². The zero-order valence-corrected chi connectivity index (χ0v) is 8.98. The highest BCUT2D eigenvalue weighted by Gasteiger charge is 2.16. The number of sulfonamides is 1. The van der Waals surface area contributed by atoms with Crippen molar-refractivity contribution in [3.05, 3.63) is 24.3 Å². The molecule has 0 saturated heterocycles. The van der Waals surface area contributed by atoms with E-state index in [2.05, 4.69) is 4.98 Å². The SMILES string of the molecule is O=S(=O)(NCC(O)CO)c1cncc(F)c1. The summed E-state index contributed by atoms with van der Waals surface area (Å²) in [4.78, 5) is 3.06. The van der Waals surface area contributed by atoms with E-state index in [0.717, 1.165) is 18.5 Å². The van der Waals surface area contributed by atoms with Crippen molar-refractivity contribution >= 4 is 10.0 Å². The molecule has 1 aromatic rings. The molecule has 0 spiro atoms. The Bertz CT molecular complexity index is 451. The van der Waals surface area contributed by atoms with Gasteiger partial charge in [-0.05, 0) is 6.07 Å². The number of halogens is 1. The Morgan fingerprint density at radius 3 is 2.75 bits per heavy atom. The largest absolute Gasteiger partial charge is 0.394 e. The number of nitrogens with zero attached hydrogens (tertiary/aromatic N) is 1. The lowest BCUT2D eigenvalue weighted by atomic mass is 10.4. The predicted molar refractivity (Wildman–Crippen MR) is 52.5 cm³/mol. The maximum atomic E-state index is 12.7. The molecule has 0 fully saturated rings. The highest BCUT2D eigenvalue weighted by Crippen LogP contribution is 2.07. The van der Waals surface area contributed by atoms with Crippen molar-refractivity contribution in [1.29, 1.82) is 0 Å². The molecule has 1 rings (SSSR count). The van der Waals surface area contributed by atoms with Crippen LogP contribution in [0.1, 0.15) is 0 Å². The first-order chi connectivity index (χ1) is 7.45. The van der Waals surface area contributed by atoms with E-state index in [4.69, 9.17) is 10.2 Å². The number of pyridine rings is 1. The molecule has 1 aromatic heterocycles. The number of aliphatic hydroxyl groups is 2. The van der Waals surface area contributed by atoms with E-state index in [-0.39, 0.29) is 11.4 Å². The molecule has 1 atom stereocenters. The van der Waals surface area contributed by atoms with Gasteiger partial charge >= 0.3 is 0 Å². The van der Waals surface area contributed by atoms with Gasteiger partial charge in [-0.25, -0.2) is 17.5 Å².